The predicted molar refractivity (Wildman–Crippen MR) is 143 cm³/mol. The summed E-state index contributed by atoms with van der Waals surface area (Å²) in [5.74, 6) is -2.92. The standard InChI is InChI=1S/C23H24ClN3O3.C4H6O6/c24-17-12-18(22(28)25-19-14-26-8-6-15(19)7-9-26)21-20(13-17)27(10-11-30-21)23(29)16-4-2-1-3-5-16;5-1(3(7)8)2(6)4(9)10/h1-5,12-13,15,19H,6-11,14H2,(H,25,28);1-2,5-6H,(H,7,8)(H,9,10). The van der Waals surface area contributed by atoms with Gasteiger partial charge in [-0.05, 0) is 56.1 Å². The second-order valence-corrected chi connectivity index (χ2v) is 10.2. The van der Waals surface area contributed by atoms with Gasteiger partial charge in [0.05, 0.1) is 17.8 Å². The molecule has 2 bridgehead atoms. The fourth-order valence-electron chi connectivity index (χ4n) is 5.05. The Hall–Kier alpha value is -3.71. The van der Waals surface area contributed by atoms with E-state index in [-0.39, 0.29) is 17.9 Å². The number of aliphatic hydroxyl groups excluding tert-OH is 2. The SMILES string of the molecule is O=C(NC1CN2CCC1CC2)c1cc(Cl)cc2c1OCCN2C(=O)c1ccccc1.O=C(O)C(O)C(O)C(=O)O. The molecule has 214 valence electrons. The van der Waals surface area contributed by atoms with Gasteiger partial charge in [0.25, 0.3) is 11.8 Å². The second kappa shape index (κ2) is 12.6. The Morgan fingerprint density at radius 2 is 1.57 bits per heavy atom. The number of aliphatic carboxylic acids is 2. The minimum Gasteiger partial charge on any atom is -0.489 e. The number of rotatable bonds is 6. The summed E-state index contributed by atoms with van der Waals surface area (Å²) in [5, 5.41) is 36.1. The third-order valence-corrected chi connectivity index (χ3v) is 7.39. The molecule has 4 aliphatic heterocycles. The lowest BCUT2D eigenvalue weighted by Gasteiger charge is -2.45. The van der Waals surface area contributed by atoms with E-state index in [0.717, 1.165) is 32.5 Å². The number of fused-ring (bicyclic) bond motifs is 4. The predicted octanol–water partition coefficient (Wildman–Crippen LogP) is 1.08. The van der Waals surface area contributed by atoms with E-state index in [1.54, 1.807) is 29.2 Å². The molecule has 2 amide bonds. The smallest absolute Gasteiger partial charge is 0.335 e. The Bertz CT molecular complexity index is 1250. The van der Waals surface area contributed by atoms with Crippen LogP contribution in [0.3, 0.4) is 0 Å². The number of carboxylic acid groups (broad SMARTS) is 2. The Morgan fingerprint density at radius 1 is 0.950 bits per heavy atom. The largest absolute Gasteiger partial charge is 0.489 e. The summed E-state index contributed by atoms with van der Waals surface area (Å²) in [6.45, 7) is 3.85. The number of hydrogen-bond donors (Lipinski definition) is 5. The van der Waals surface area contributed by atoms with Crippen molar-refractivity contribution in [3.63, 3.8) is 0 Å². The summed E-state index contributed by atoms with van der Waals surface area (Å²) in [6, 6.07) is 12.6. The maximum Gasteiger partial charge on any atom is 0.335 e. The lowest BCUT2D eigenvalue weighted by atomic mass is 9.84. The average molecular weight is 576 g/mol. The van der Waals surface area contributed by atoms with E-state index < -0.39 is 24.1 Å². The van der Waals surface area contributed by atoms with E-state index in [2.05, 4.69) is 10.2 Å². The summed E-state index contributed by atoms with van der Waals surface area (Å²) in [4.78, 5) is 49.9. The highest BCUT2D eigenvalue weighted by atomic mass is 35.5. The summed E-state index contributed by atoms with van der Waals surface area (Å²) < 4.78 is 5.87. The number of nitrogens with one attached hydrogen (secondary N) is 1. The average Bonchev–Trinajstić information content (AvgIpc) is 2.96. The number of amides is 2. The Kier molecular flexibility index (Phi) is 9.25. The van der Waals surface area contributed by atoms with Crippen molar-refractivity contribution in [3.8, 4) is 5.75 Å². The minimum atomic E-state index is -2.27. The normalized spacial score (nSPS) is 22.5. The topological polar surface area (TPSA) is 177 Å². The quantitative estimate of drug-likeness (QED) is 0.335. The number of halogens is 1. The van der Waals surface area contributed by atoms with Crippen LogP contribution in [-0.2, 0) is 9.59 Å². The van der Waals surface area contributed by atoms with E-state index in [4.69, 9.17) is 36.8 Å². The minimum absolute atomic E-state index is 0.133. The molecular formula is C27H30ClN3O9. The first kappa shape index (κ1) is 29.3. The first-order valence-electron chi connectivity index (χ1n) is 12.7. The van der Waals surface area contributed by atoms with Gasteiger partial charge in [0, 0.05) is 23.2 Å². The molecule has 5 N–H and O–H groups in total. The zero-order valence-electron chi connectivity index (χ0n) is 21.4. The monoisotopic (exact) mass is 575 g/mol. The zero-order valence-corrected chi connectivity index (χ0v) is 22.2. The van der Waals surface area contributed by atoms with Crippen molar-refractivity contribution in [2.75, 3.05) is 37.7 Å². The van der Waals surface area contributed by atoms with E-state index in [9.17, 15) is 19.2 Å². The van der Waals surface area contributed by atoms with Crippen molar-refractivity contribution in [1.29, 1.82) is 0 Å². The maximum atomic E-state index is 13.2. The van der Waals surface area contributed by atoms with Crippen LogP contribution in [0.25, 0.3) is 0 Å². The summed E-state index contributed by atoms with van der Waals surface area (Å²) in [7, 11) is 0. The third kappa shape index (κ3) is 6.53. The van der Waals surface area contributed by atoms with Crippen molar-refractivity contribution < 1.29 is 44.3 Å². The highest BCUT2D eigenvalue weighted by molar-refractivity contribution is 6.31. The lowest BCUT2D eigenvalue weighted by molar-refractivity contribution is -0.165. The van der Waals surface area contributed by atoms with Crippen LogP contribution in [0.4, 0.5) is 5.69 Å². The van der Waals surface area contributed by atoms with Crippen LogP contribution in [0.2, 0.25) is 5.02 Å². The molecule has 6 rings (SSSR count). The molecule has 0 saturated carbocycles. The van der Waals surface area contributed by atoms with Gasteiger partial charge in [0.2, 0.25) is 0 Å². The van der Waals surface area contributed by atoms with E-state index in [0.29, 0.717) is 46.7 Å². The van der Waals surface area contributed by atoms with Gasteiger partial charge in [-0.15, -0.1) is 0 Å². The number of carboxylic acids is 2. The Labute approximate surface area is 234 Å². The molecule has 3 saturated heterocycles. The van der Waals surface area contributed by atoms with Crippen LogP contribution in [0.5, 0.6) is 5.75 Å². The van der Waals surface area contributed by atoms with Crippen molar-refractivity contribution in [2.45, 2.75) is 31.1 Å². The molecule has 4 heterocycles. The number of carbonyl (C=O) groups is 4. The fraction of sp³-hybridized carbons (Fsp3) is 0.407. The molecule has 0 aromatic heterocycles. The highest BCUT2D eigenvalue weighted by Crippen LogP contribution is 2.39. The van der Waals surface area contributed by atoms with E-state index in [1.165, 1.54) is 0 Å². The lowest BCUT2D eigenvalue weighted by Crippen LogP contribution is -2.57. The number of aliphatic hydroxyl groups is 2. The molecule has 3 unspecified atom stereocenters. The molecule has 2 aromatic carbocycles. The van der Waals surface area contributed by atoms with Crippen LogP contribution in [-0.4, -0.2) is 100 Å². The summed E-state index contributed by atoms with van der Waals surface area (Å²) in [5.41, 5.74) is 1.52. The Balaban J connectivity index is 0.000000318. The molecule has 40 heavy (non-hydrogen) atoms. The zero-order chi connectivity index (χ0) is 29.0. The number of hydrogen-bond acceptors (Lipinski definition) is 8. The van der Waals surface area contributed by atoms with Crippen molar-refractivity contribution in [3.05, 3.63) is 58.6 Å². The fourth-order valence-corrected chi connectivity index (χ4v) is 5.26. The number of benzene rings is 2. The van der Waals surface area contributed by atoms with Gasteiger partial charge in [0.1, 0.15) is 6.61 Å². The number of piperidine rings is 3. The number of ether oxygens (including phenoxy) is 1. The molecule has 3 fully saturated rings. The highest BCUT2D eigenvalue weighted by Gasteiger charge is 2.36. The van der Waals surface area contributed by atoms with E-state index in [1.807, 2.05) is 18.2 Å². The van der Waals surface area contributed by atoms with Gasteiger partial charge in [-0.3, -0.25) is 9.59 Å². The molecule has 4 aliphatic rings. The number of anilines is 1. The molecule has 0 radical (unpaired) electrons. The second-order valence-electron chi connectivity index (χ2n) is 9.76. The Morgan fingerprint density at radius 3 is 2.12 bits per heavy atom. The van der Waals surface area contributed by atoms with Gasteiger partial charge in [-0.25, -0.2) is 9.59 Å². The van der Waals surface area contributed by atoms with Gasteiger partial charge < -0.3 is 40.3 Å². The van der Waals surface area contributed by atoms with Gasteiger partial charge in [0.15, 0.2) is 18.0 Å². The molecule has 3 atom stereocenters. The van der Waals surface area contributed by atoms with Gasteiger partial charge in [-0.2, -0.15) is 0 Å². The van der Waals surface area contributed by atoms with E-state index >= 15 is 0 Å². The summed E-state index contributed by atoms with van der Waals surface area (Å²) >= 11 is 6.37. The third-order valence-electron chi connectivity index (χ3n) is 7.17. The maximum absolute atomic E-state index is 13.2. The molecule has 0 spiro atoms. The number of nitrogens with zero attached hydrogens (tertiary/aromatic N) is 2. The van der Waals surface area contributed by atoms with Gasteiger partial charge in [-0.1, -0.05) is 29.8 Å². The first-order chi connectivity index (χ1) is 19.1. The van der Waals surface area contributed by atoms with Crippen LogP contribution in [0.1, 0.15) is 33.6 Å². The van der Waals surface area contributed by atoms with Gasteiger partial charge >= 0.3 is 11.9 Å². The van der Waals surface area contributed by atoms with Crippen molar-refractivity contribution in [1.82, 2.24) is 10.2 Å². The van der Waals surface area contributed by atoms with Crippen LogP contribution >= 0.6 is 11.6 Å². The van der Waals surface area contributed by atoms with Crippen molar-refractivity contribution in [2.24, 2.45) is 5.92 Å². The molecule has 0 aliphatic carbocycles. The summed E-state index contributed by atoms with van der Waals surface area (Å²) in [6.07, 6.45) is -2.29. The molecule has 2 aromatic rings. The number of carbonyl (C=O) groups excluding carboxylic acids is 2. The first-order valence-corrected chi connectivity index (χ1v) is 13.1. The van der Waals surface area contributed by atoms with Crippen LogP contribution in [0, 0.1) is 5.92 Å². The van der Waals surface area contributed by atoms with Crippen LogP contribution < -0.4 is 15.0 Å². The van der Waals surface area contributed by atoms with Crippen LogP contribution in [0.15, 0.2) is 42.5 Å². The molecule has 13 heteroatoms. The van der Waals surface area contributed by atoms with Crippen molar-refractivity contribution >= 4 is 41.0 Å². The molecule has 12 nitrogen and oxygen atoms in total. The molecular weight excluding hydrogens is 546 g/mol.